The summed E-state index contributed by atoms with van der Waals surface area (Å²) in [5, 5.41) is 2.81. The molecule has 1 N–H and O–H groups in total. The van der Waals surface area contributed by atoms with Crippen LogP contribution in [0.4, 0.5) is 0 Å². The maximum atomic E-state index is 11.5. The van der Waals surface area contributed by atoms with E-state index in [2.05, 4.69) is 15.3 Å². The number of nitrogens with one attached hydrogen (secondary N) is 1. The van der Waals surface area contributed by atoms with Crippen LogP contribution >= 0.6 is 23.7 Å². The molecule has 84 valence electrons. The molecule has 2 aromatic heterocycles. The van der Waals surface area contributed by atoms with E-state index in [1.54, 1.807) is 24.1 Å². The maximum Gasteiger partial charge on any atom is 0.263 e. The highest BCUT2D eigenvalue weighted by atomic mass is 35.5. The van der Waals surface area contributed by atoms with Crippen molar-refractivity contribution in [3.63, 3.8) is 0 Å². The monoisotopic (exact) mass is 255 g/mol. The van der Waals surface area contributed by atoms with Crippen molar-refractivity contribution in [1.82, 2.24) is 15.3 Å². The van der Waals surface area contributed by atoms with Crippen LogP contribution in [0.15, 0.2) is 36.2 Å². The van der Waals surface area contributed by atoms with Crippen LogP contribution in [0, 0.1) is 0 Å². The number of nitrogens with zero attached hydrogens (tertiary/aromatic N) is 2. The fourth-order valence-corrected chi connectivity index (χ4v) is 1.63. The SMILES string of the molecule is Cl.O=C(NCc1ccncc1)c1cncs1. The van der Waals surface area contributed by atoms with Crippen molar-refractivity contribution in [2.24, 2.45) is 0 Å². The molecule has 0 radical (unpaired) electrons. The Balaban J connectivity index is 0.00000128. The van der Waals surface area contributed by atoms with Crippen molar-refractivity contribution in [2.45, 2.75) is 6.54 Å². The average molecular weight is 256 g/mol. The van der Waals surface area contributed by atoms with Gasteiger partial charge in [-0.1, -0.05) is 0 Å². The lowest BCUT2D eigenvalue weighted by Gasteiger charge is -2.02. The number of hydrogen-bond acceptors (Lipinski definition) is 4. The van der Waals surface area contributed by atoms with E-state index in [1.165, 1.54) is 11.3 Å². The third kappa shape index (κ3) is 3.29. The molecule has 2 rings (SSSR count). The lowest BCUT2D eigenvalue weighted by Crippen LogP contribution is -2.21. The minimum atomic E-state index is -0.0886. The van der Waals surface area contributed by atoms with Crippen molar-refractivity contribution < 1.29 is 4.79 Å². The van der Waals surface area contributed by atoms with Crippen molar-refractivity contribution in [3.8, 4) is 0 Å². The van der Waals surface area contributed by atoms with Gasteiger partial charge >= 0.3 is 0 Å². The van der Waals surface area contributed by atoms with Crippen LogP contribution in [-0.4, -0.2) is 15.9 Å². The summed E-state index contributed by atoms with van der Waals surface area (Å²) in [4.78, 5) is 19.9. The lowest BCUT2D eigenvalue weighted by molar-refractivity contribution is 0.0955. The van der Waals surface area contributed by atoms with E-state index in [0.29, 0.717) is 11.4 Å². The van der Waals surface area contributed by atoms with Crippen molar-refractivity contribution in [2.75, 3.05) is 0 Å². The summed E-state index contributed by atoms with van der Waals surface area (Å²) in [5.41, 5.74) is 2.67. The zero-order chi connectivity index (χ0) is 10.5. The molecule has 2 heterocycles. The number of carbonyl (C=O) groups is 1. The van der Waals surface area contributed by atoms with Crippen LogP contribution in [-0.2, 0) is 6.54 Å². The zero-order valence-electron chi connectivity index (χ0n) is 8.29. The molecular formula is C10H10ClN3OS. The quantitative estimate of drug-likeness (QED) is 0.911. The maximum absolute atomic E-state index is 11.5. The fourth-order valence-electron chi connectivity index (χ4n) is 1.10. The number of pyridine rings is 1. The molecule has 0 spiro atoms. The molecule has 0 aromatic carbocycles. The molecule has 0 atom stereocenters. The Labute approximate surface area is 103 Å². The third-order valence-electron chi connectivity index (χ3n) is 1.86. The predicted molar refractivity (Wildman–Crippen MR) is 64.8 cm³/mol. The van der Waals surface area contributed by atoms with Gasteiger partial charge in [0.25, 0.3) is 5.91 Å². The van der Waals surface area contributed by atoms with E-state index in [0.717, 1.165) is 5.56 Å². The highest BCUT2D eigenvalue weighted by Crippen LogP contribution is 2.05. The summed E-state index contributed by atoms with van der Waals surface area (Å²) in [5.74, 6) is -0.0886. The standard InChI is InChI=1S/C10H9N3OS.ClH/c14-10(9-6-12-7-15-9)13-5-8-1-3-11-4-2-8;/h1-4,6-7H,5H2,(H,13,14);1H. The minimum absolute atomic E-state index is 0. The molecule has 0 saturated carbocycles. The molecule has 0 bridgehead atoms. The van der Waals surface area contributed by atoms with E-state index in [4.69, 9.17) is 0 Å². The number of aromatic nitrogens is 2. The van der Waals surface area contributed by atoms with Gasteiger partial charge < -0.3 is 5.32 Å². The van der Waals surface area contributed by atoms with Crippen molar-refractivity contribution in [3.05, 3.63) is 46.7 Å². The van der Waals surface area contributed by atoms with Crippen LogP contribution in [0.3, 0.4) is 0 Å². The lowest BCUT2D eigenvalue weighted by atomic mass is 10.3. The number of rotatable bonds is 3. The summed E-state index contributed by atoms with van der Waals surface area (Å²) in [6.45, 7) is 0.513. The third-order valence-corrected chi connectivity index (χ3v) is 2.63. The smallest absolute Gasteiger partial charge is 0.263 e. The molecular weight excluding hydrogens is 246 g/mol. The number of carbonyl (C=O) groups excluding carboxylic acids is 1. The van der Waals surface area contributed by atoms with Gasteiger partial charge in [-0.15, -0.1) is 23.7 Å². The number of halogens is 1. The van der Waals surface area contributed by atoms with Gasteiger partial charge in [-0.05, 0) is 17.7 Å². The first-order valence-corrected chi connectivity index (χ1v) is 5.30. The first-order valence-electron chi connectivity index (χ1n) is 4.42. The van der Waals surface area contributed by atoms with E-state index in [-0.39, 0.29) is 18.3 Å². The normalized spacial score (nSPS) is 9.25. The van der Waals surface area contributed by atoms with Crippen molar-refractivity contribution >= 4 is 29.7 Å². The van der Waals surface area contributed by atoms with Crippen LogP contribution in [0.2, 0.25) is 0 Å². The predicted octanol–water partition coefficient (Wildman–Crippen LogP) is 1.89. The van der Waals surface area contributed by atoms with E-state index < -0.39 is 0 Å². The van der Waals surface area contributed by atoms with Crippen LogP contribution < -0.4 is 5.32 Å². The molecule has 0 fully saturated rings. The summed E-state index contributed by atoms with van der Waals surface area (Å²) < 4.78 is 0. The first kappa shape index (κ1) is 12.6. The molecule has 6 heteroatoms. The Morgan fingerprint density at radius 1 is 1.31 bits per heavy atom. The van der Waals surface area contributed by atoms with Gasteiger partial charge in [-0.3, -0.25) is 14.8 Å². The molecule has 0 saturated heterocycles. The highest BCUT2D eigenvalue weighted by molar-refractivity contribution is 7.11. The zero-order valence-corrected chi connectivity index (χ0v) is 9.92. The second-order valence-corrected chi connectivity index (χ2v) is 3.79. The summed E-state index contributed by atoms with van der Waals surface area (Å²) in [6.07, 6.45) is 4.97. The average Bonchev–Trinajstić information content (AvgIpc) is 2.81. The molecule has 0 unspecified atom stereocenters. The van der Waals surface area contributed by atoms with Gasteiger partial charge in [-0.2, -0.15) is 0 Å². The van der Waals surface area contributed by atoms with Gasteiger partial charge in [0.15, 0.2) is 0 Å². The molecule has 0 aliphatic heterocycles. The Kier molecular flexibility index (Phi) is 4.88. The van der Waals surface area contributed by atoms with Gasteiger partial charge in [0.05, 0.1) is 11.7 Å². The van der Waals surface area contributed by atoms with Crippen LogP contribution in [0.1, 0.15) is 15.2 Å². The van der Waals surface area contributed by atoms with Crippen molar-refractivity contribution in [1.29, 1.82) is 0 Å². The molecule has 0 aliphatic rings. The second kappa shape index (κ2) is 6.19. The Morgan fingerprint density at radius 2 is 2.06 bits per heavy atom. The van der Waals surface area contributed by atoms with E-state index in [1.807, 2.05) is 12.1 Å². The van der Waals surface area contributed by atoms with Gasteiger partial charge in [0.2, 0.25) is 0 Å². The Bertz CT molecular complexity index is 433. The van der Waals surface area contributed by atoms with Crippen LogP contribution in [0.25, 0.3) is 0 Å². The summed E-state index contributed by atoms with van der Waals surface area (Å²) in [6, 6.07) is 3.74. The van der Waals surface area contributed by atoms with Crippen LogP contribution in [0.5, 0.6) is 0 Å². The Hall–Kier alpha value is -1.46. The topological polar surface area (TPSA) is 54.9 Å². The molecule has 4 nitrogen and oxygen atoms in total. The highest BCUT2D eigenvalue weighted by Gasteiger charge is 2.05. The first-order chi connectivity index (χ1) is 7.36. The Morgan fingerprint density at radius 3 is 2.69 bits per heavy atom. The minimum Gasteiger partial charge on any atom is -0.347 e. The fraction of sp³-hybridized carbons (Fsp3) is 0.100. The van der Waals surface area contributed by atoms with E-state index in [9.17, 15) is 4.79 Å². The molecule has 16 heavy (non-hydrogen) atoms. The van der Waals surface area contributed by atoms with Gasteiger partial charge in [0.1, 0.15) is 4.88 Å². The largest absolute Gasteiger partial charge is 0.347 e. The van der Waals surface area contributed by atoms with Gasteiger partial charge in [-0.25, -0.2) is 0 Å². The molecule has 0 aliphatic carbocycles. The number of amides is 1. The summed E-state index contributed by atoms with van der Waals surface area (Å²) in [7, 11) is 0. The number of hydrogen-bond donors (Lipinski definition) is 1. The summed E-state index contributed by atoms with van der Waals surface area (Å²) >= 11 is 1.33. The van der Waals surface area contributed by atoms with E-state index >= 15 is 0 Å². The molecule has 1 amide bonds. The number of thiazole rings is 1. The molecule has 2 aromatic rings. The van der Waals surface area contributed by atoms with Gasteiger partial charge in [0, 0.05) is 18.9 Å². The second-order valence-electron chi connectivity index (χ2n) is 2.90.